The van der Waals surface area contributed by atoms with Gasteiger partial charge < -0.3 is 14.4 Å². The molecule has 1 aromatic rings. The highest BCUT2D eigenvalue weighted by molar-refractivity contribution is 5.25. The standard InChI is InChI=1S/C15H25NO2/c1-16(2)10-6-7-11-18-13-15-9-5-4-8-14(15)12-17-3/h4-5,8-9H,6-7,10-13H2,1-3H3. The number of ether oxygens (including phenoxy) is 2. The van der Waals surface area contributed by atoms with Gasteiger partial charge in [0.1, 0.15) is 0 Å². The van der Waals surface area contributed by atoms with Crippen LogP contribution < -0.4 is 0 Å². The Bertz CT molecular complexity index is 326. The van der Waals surface area contributed by atoms with Crippen molar-refractivity contribution in [2.45, 2.75) is 26.1 Å². The smallest absolute Gasteiger partial charge is 0.0720 e. The molecule has 0 bridgehead atoms. The molecule has 3 heteroatoms. The van der Waals surface area contributed by atoms with Gasteiger partial charge in [0.25, 0.3) is 0 Å². The summed E-state index contributed by atoms with van der Waals surface area (Å²) in [7, 11) is 5.92. The molecular weight excluding hydrogens is 226 g/mol. The second kappa shape index (κ2) is 9.09. The minimum Gasteiger partial charge on any atom is -0.380 e. The van der Waals surface area contributed by atoms with E-state index in [0.29, 0.717) is 13.2 Å². The van der Waals surface area contributed by atoms with Gasteiger partial charge in [-0.05, 0) is 44.6 Å². The zero-order valence-corrected chi connectivity index (χ0v) is 11.8. The Labute approximate surface area is 111 Å². The summed E-state index contributed by atoms with van der Waals surface area (Å²) in [5.74, 6) is 0. The van der Waals surface area contributed by atoms with E-state index in [0.717, 1.165) is 19.6 Å². The average Bonchev–Trinajstić information content (AvgIpc) is 2.35. The topological polar surface area (TPSA) is 21.7 Å². The molecule has 0 aliphatic heterocycles. The number of benzene rings is 1. The van der Waals surface area contributed by atoms with E-state index in [1.54, 1.807) is 7.11 Å². The van der Waals surface area contributed by atoms with Gasteiger partial charge in [-0.1, -0.05) is 24.3 Å². The van der Waals surface area contributed by atoms with E-state index in [9.17, 15) is 0 Å². The third-order valence-electron chi connectivity index (χ3n) is 2.82. The molecule has 102 valence electrons. The maximum Gasteiger partial charge on any atom is 0.0720 e. The van der Waals surface area contributed by atoms with Gasteiger partial charge in [0.05, 0.1) is 13.2 Å². The van der Waals surface area contributed by atoms with Crippen molar-refractivity contribution < 1.29 is 9.47 Å². The minimum atomic E-state index is 0.653. The van der Waals surface area contributed by atoms with E-state index in [1.165, 1.54) is 17.5 Å². The van der Waals surface area contributed by atoms with Gasteiger partial charge in [0, 0.05) is 13.7 Å². The Balaban J connectivity index is 2.22. The predicted molar refractivity (Wildman–Crippen MR) is 74.6 cm³/mol. The lowest BCUT2D eigenvalue weighted by atomic mass is 10.1. The number of methoxy groups -OCH3 is 1. The summed E-state index contributed by atoms with van der Waals surface area (Å²) >= 11 is 0. The Hall–Kier alpha value is -0.900. The van der Waals surface area contributed by atoms with E-state index in [4.69, 9.17) is 9.47 Å². The van der Waals surface area contributed by atoms with Crippen LogP contribution in [0.3, 0.4) is 0 Å². The zero-order valence-electron chi connectivity index (χ0n) is 11.8. The first-order chi connectivity index (χ1) is 8.74. The summed E-state index contributed by atoms with van der Waals surface area (Å²) in [5.41, 5.74) is 2.44. The van der Waals surface area contributed by atoms with E-state index in [2.05, 4.69) is 31.1 Å². The van der Waals surface area contributed by atoms with Crippen LogP contribution in [0.4, 0.5) is 0 Å². The predicted octanol–water partition coefficient (Wildman–Crippen LogP) is 2.69. The zero-order chi connectivity index (χ0) is 13.2. The van der Waals surface area contributed by atoms with E-state index in [1.807, 2.05) is 12.1 Å². The number of unbranched alkanes of at least 4 members (excludes halogenated alkanes) is 1. The lowest BCUT2D eigenvalue weighted by Crippen LogP contribution is -2.13. The molecule has 0 aromatic heterocycles. The molecule has 0 atom stereocenters. The molecule has 0 spiro atoms. The van der Waals surface area contributed by atoms with Gasteiger partial charge in [-0.2, -0.15) is 0 Å². The summed E-state index contributed by atoms with van der Waals surface area (Å²) in [6.07, 6.45) is 2.30. The summed E-state index contributed by atoms with van der Waals surface area (Å²) in [6, 6.07) is 8.28. The van der Waals surface area contributed by atoms with Crippen LogP contribution in [-0.2, 0) is 22.7 Å². The first-order valence-electron chi connectivity index (χ1n) is 6.52. The van der Waals surface area contributed by atoms with Crippen molar-refractivity contribution in [2.24, 2.45) is 0 Å². The molecule has 0 saturated carbocycles. The van der Waals surface area contributed by atoms with Gasteiger partial charge in [-0.15, -0.1) is 0 Å². The van der Waals surface area contributed by atoms with Crippen LogP contribution >= 0.6 is 0 Å². The summed E-state index contributed by atoms with van der Waals surface area (Å²) < 4.78 is 10.9. The molecule has 1 aromatic carbocycles. The molecule has 0 N–H and O–H groups in total. The molecule has 1 rings (SSSR count). The van der Waals surface area contributed by atoms with Crippen LogP contribution in [0.25, 0.3) is 0 Å². The lowest BCUT2D eigenvalue weighted by Gasteiger charge is -2.11. The van der Waals surface area contributed by atoms with Crippen molar-refractivity contribution in [1.82, 2.24) is 4.90 Å². The van der Waals surface area contributed by atoms with Crippen LogP contribution in [0, 0.1) is 0 Å². The van der Waals surface area contributed by atoms with Crippen LogP contribution in [-0.4, -0.2) is 39.3 Å². The fraction of sp³-hybridized carbons (Fsp3) is 0.600. The van der Waals surface area contributed by atoms with Crippen molar-refractivity contribution in [2.75, 3.05) is 34.4 Å². The van der Waals surface area contributed by atoms with Gasteiger partial charge in [0.15, 0.2) is 0 Å². The third-order valence-corrected chi connectivity index (χ3v) is 2.82. The molecule has 0 saturated heterocycles. The molecular formula is C15H25NO2. The maximum atomic E-state index is 5.71. The van der Waals surface area contributed by atoms with E-state index in [-0.39, 0.29) is 0 Å². The second-order valence-corrected chi connectivity index (χ2v) is 4.76. The summed E-state index contributed by atoms with van der Waals surface area (Å²) in [6.45, 7) is 3.29. The monoisotopic (exact) mass is 251 g/mol. The van der Waals surface area contributed by atoms with E-state index < -0.39 is 0 Å². The Morgan fingerprint density at radius 1 is 1.00 bits per heavy atom. The fourth-order valence-electron chi connectivity index (χ4n) is 1.81. The van der Waals surface area contributed by atoms with Gasteiger partial charge >= 0.3 is 0 Å². The molecule has 0 unspecified atom stereocenters. The molecule has 0 fully saturated rings. The average molecular weight is 251 g/mol. The number of hydrogen-bond donors (Lipinski definition) is 0. The van der Waals surface area contributed by atoms with Gasteiger partial charge in [0.2, 0.25) is 0 Å². The van der Waals surface area contributed by atoms with Crippen molar-refractivity contribution in [3.63, 3.8) is 0 Å². The number of hydrogen-bond acceptors (Lipinski definition) is 3. The fourth-order valence-corrected chi connectivity index (χ4v) is 1.81. The largest absolute Gasteiger partial charge is 0.380 e. The molecule has 0 radical (unpaired) electrons. The van der Waals surface area contributed by atoms with Crippen LogP contribution in [0.5, 0.6) is 0 Å². The lowest BCUT2D eigenvalue weighted by molar-refractivity contribution is 0.112. The molecule has 18 heavy (non-hydrogen) atoms. The van der Waals surface area contributed by atoms with Crippen LogP contribution in [0.1, 0.15) is 24.0 Å². The minimum absolute atomic E-state index is 0.653. The van der Waals surface area contributed by atoms with Gasteiger partial charge in [-0.25, -0.2) is 0 Å². The molecule has 0 aliphatic rings. The summed E-state index contributed by atoms with van der Waals surface area (Å²) in [4.78, 5) is 2.20. The van der Waals surface area contributed by atoms with Crippen LogP contribution in [0.2, 0.25) is 0 Å². The third kappa shape index (κ3) is 6.15. The van der Waals surface area contributed by atoms with Crippen molar-refractivity contribution >= 4 is 0 Å². The van der Waals surface area contributed by atoms with Gasteiger partial charge in [-0.3, -0.25) is 0 Å². The molecule has 3 nitrogen and oxygen atoms in total. The first kappa shape index (κ1) is 15.2. The van der Waals surface area contributed by atoms with Crippen molar-refractivity contribution in [3.05, 3.63) is 35.4 Å². The normalized spacial score (nSPS) is 11.1. The second-order valence-electron chi connectivity index (χ2n) is 4.76. The Morgan fingerprint density at radius 3 is 2.28 bits per heavy atom. The Morgan fingerprint density at radius 2 is 1.67 bits per heavy atom. The highest BCUT2D eigenvalue weighted by atomic mass is 16.5. The Kier molecular flexibility index (Phi) is 7.65. The number of rotatable bonds is 9. The van der Waals surface area contributed by atoms with Crippen LogP contribution in [0.15, 0.2) is 24.3 Å². The first-order valence-corrected chi connectivity index (χ1v) is 6.52. The van der Waals surface area contributed by atoms with E-state index >= 15 is 0 Å². The molecule has 0 heterocycles. The quantitative estimate of drug-likeness (QED) is 0.630. The summed E-state index contributed by atoms with van der Waals surface area (Å²) in [5, 5.41) is 0. The van der Waals surface area contributed by atoms with Crippen molar-refractivity contribution in [3.8, 4) is 0 Å². The highest BCUT2D eigenvalue weighted by Crippen LogP contribution is 2.11. The highest BCUT2D eigenvalue weighted by Gasteiger charge is 2.01. The van der Waals surface area contributed by atoms with Crippen molar-refractivity contribution in [1.29, 1.82) is 0 Å². The maximum absolute atomic E-state index is 5.71. The number of nitrogens with zero attached hydrogens (tertiary/aromatic N) is 1. The SMILES string of the molecule is COCc1ccccc1COCCCCN(C)C. The molecule has 0 amide bonds. The molecule has 0 aliphatic carbocycles.